The third-order valence-electron chi connectivity index (χ3n) is 3.37. The zero-order valence-electron chi connectivity index (χ0n) is 13.7. The van der Waals surface area contributed by atoms with E-state index in [-0.39, 0.29) is 23.3 Å². The molecule has 1 fully saturated rings. The predicted molar refractivity (Wildman–Crippen MR) is 101 cm³/mol. The van der Waals surface area contributed by atoms with Gasteiger partial charge in [0.1, 0.15) is 0 Å². The van der Waals surface area contributed by atoms with Gasteiger partial charge in [-0.25, -0.2) is 4.99 Å². The lowest BCUT2D eigenvalue weighted by Gasteiger charge is -2.02. The summed E-state index contributed by atoms with van der Waals surface area (Å²) in [5.41, 5.74) is 1.88. The van der Waals surface area contributed by atoms with E-state index in [1.165, 1.54) is 30.8 Å². The summed E-state index contributed by atoms with van der Waals surface area (Å²) in [5.74, 6) is -0.926. The first kappa shape index (κ1) is 17.6. The van der Waals surface area contributed by atoms with Crippen LogP contribution in [-0.4, -0.2) is 27.2 Å². The van der Waals surface area contributed by atoms with Crippen LogP contribution in [0.5, 0.6) is 11.5 Å². The van der Waals surface area contributed by atoms with E-state index in [4.69, 9.17) is 0 Å². The number of phenolic OH excluding ortho intramolecular Hbond substituents is 2. The van der Waals surface area contributed by atoms with E-state index in [0.717, 1.165) is 0 Å². The average Bonchev–Trinajstić information content (AvgIpc) is 2.92. The van der Waals surface area contributed by atoms with Gasteiger partial charge in [-0.2, -0.15) is 0 Å². The molecule has 0 aliphatic carbocycles. The molecule has 0 bridgehead atoms. The van der Waals surface area contributed by atoms with Crippen molar-refractivity contribution in [1.82, 2.24) is 5.32 Å². The Balaban J connectivity index is 1.76. The summed E-state index contributed by atoms with van der Waals surface area (Å²) in [5, 5.41) is 24.6. The van der Waals surface area contributed by atoms with Crippen molar-refractivity contribution in [3.8, 4) is 11.5 Å². The van der Waals surface area contributed by atoms with Crippen LogP contribution in [0.15, 0.2) is 52.4 Å². The predicted octanol–water partition coefficient (Wildman–Crippen LogP) is 2.95. The van der Waals surface area contributed by atoms with Crippen LogP contribution in [0.3, 0.4) is 0 Å². The third kappa shape index (κ3) is 4.22. The van der Waals surface area contributed by atoms with E-state index in [0.29, 0.717) is 27.0 Å². The first-order chi connectivity index (χ1) is 12.4. The molecule has 0 unspecified atom stereocenters. The van der Waals surface area contributed by atoms with Crippen LogP contribution in [0, 0.1) is 0 Å². The van der Waals surface area contributed by atoms with Gasteiger partial charge in [0, 0.05) is 12.6 Å². The fourth-order valence-electron chi connectivity index (χ4n) is 2.20. The van der Waals surface area contributed by atoms with Gasteiger partial charge in [0.15, 0.2) is 16.7 Å². The topological polar surface area (TPSA) is 111 Å². The van der Waals surface area contributed by atoms with Crippen molar-refractivity contribution in [3.05, 3.63) is 52.9 Å². The molecule has 2 amide bonds. The van der Waals surface area contributed by atoms with Gasteiger partial charge in [-0.3, -0.25) is 9.59 Å². The Morgan fingerprint density at radius 1 is 1.15 bits per heavy atom. The van der Waals surface area contributed by atoms with Crippen molar-refractivity contribution < 1.29 is 19.8 Å². The number of aliphatic imine (C=N–C) groups is 1. The minimum absolute atomic E-state index is 0.155. The minimum Gasteiger partial charge on any atom is -0.504 e. The van der Waals surface area contributed by atoms with Crippen LogP contribution in [0.4, 0.5) is 11.4 Å². The standard InChI is InChI=1S/C18H15N3O4S/c1-10(22)19-12-3-5-13(6-4-12)20-18-21-17(25)16(26-18)9-11-2-7-14(23)15(24)8-11/h2-9,23-24H,1H3,(H,19,22)(H,20,21,25)/b16-9-. The van der Waals surface area contributed by atoms with Gasteiger partial charge < -0.3 is 20.8 Å². The van der Waals surface area contributed by atoms with Gasteiger partial charge in [-0.05, 0) is 59.8 Å². The molecule has 0 spiro atoms. The number of nitrogens with zero attached hydrogens (tertiary/aromatic N) is 1. The number of anilines is 1. The molecule has 0 aromatic heterocycles. The highest BCUT2D eigenvalue weighted by molar-refractivity contribution is 8.18. The second-order valence-corrected chi connectivity index (χ2v) is 6.49. The lowest BCUT2D eigenvalue weighted by molar-refractivity contribution is -0.115. The van der Waals surface area contributed by atoms with E-state index in [9.17, 15) is 19.8 Å². The molecule has 1 aliphatic heterocycles. The lowest BCUT2D eigenvalue weighted by Crippen LogP contribution is -2.19. The van der Waals surface area contributed by atoms with Crippen molar-refractivity contribution in [3.63, 3.8) is 0 Å². The fraction of sp³-hybridized carbons (Fsp3) is 0.0556. The Labute approximate surface area is 153 Å². The van der Waals surface area contributed by atoms with E-state index in [1.807, 2.05) is 0 Å². The first-order valence-electron chi connectivity index (χ1n) is 7.60. The normalized spacial score (nSPS) is 16.7. The number of carbonyl (C=O) groups excluding carboxylic acids is 2. The first-order valence-corrected chi connectivity index (χ1v) is 8.41. The Bertz CT molecular complexity index is 936. The number of nitrogens with one attached hydrogen (secondary N) is 2. The second kappa shape index (κ2) is 7.32. The molecule has 26 heavy (non-hydrogen) atoms. The molecule has 1 aliphatic rings. The summed E-state index contributed by atoms with van der Waals surface area (Å²) in [6.07, 6.45) is 1.60. The number of hydrogen-bond acceptors (Lipinski definition) is 6. The largest absolute Gasteiger partial charge is 0.504 e. The number of amides is 2. The lowest BCUT2D eigenvalue weighted by atomic mass is 10.2. The number of rotatable bonds is 3. The summed E-state index contributed by atoms with van der Waals surface area (Å²) in [6, 6.07) is 11.2. The maximum atomic E-state index is 12.1. The van der Waals surface area contributed by atoms with E-state index in [2.05, 4.69) is 15.6 Å². The highest BCUT2D eigenvalue weighted by atomic mass is 32.2. The molecule has 2 aromatic carbocycles. The second-order valence-electron chi connectivity index (χ2n) is 5.46. The highest BCUT2D eigenvalue weighted by Crippen LogP contribution is 2.31. The molecule has 0 saturated carbocycles. The van der Waals surface area contributed by atoms with Crippen LogP contribution >= 0.6 is 11.8 Å². The molecule has 0 radical (unpaired) electrons. The Kier molecular flexibility index (Phi) is 4.94. The SMILES string of the molecule is CC(=O)Nc1ccc(N=C2NC(=O)/C(=C/c3ccc(O)c(O)c3)S2)cc1. The van der Waals surface area contributed by atoms with E-state index in [1.54, 1.807) is 36.4 Å². The molecule has 132 valence electrons. The van der Waals surface area contributed by atoms with Gasteiger partial charge in [-0.15, -0.1) is 0 Å². The number of phenols is 2. The summed E-state index contributed by atoms with van der Waals surface area (Å²) in [7, 11) is 0. The molecule has 0 atom stereocenters. The van der Waals surface area contributed by atoms with Crippen LogP contribution < -0.4 is 10.6 Å². The average molecular weight is 369 g/mol. The van der Waals surface area contributed by atoms with Gasteiger partial charge in [0.2, 0.25) is 5.91 Å². The third-order valence-corrected chi connectivity index (χ3v) is 4.28. The fourth-order valence-corrected chi connectivity index (χ4v) is 3.04. The molecule has 1 heterocycles. The van der Waals surface area contributed by atoms with Gasteiger partial charge in [0.05, 0.1) is 10.6 Å². The molecule has 3 rings (SSSR count). The molecular weight excluding hydrogens is 354 g/mol. The number of benzene rings is 2. The number of hydrogen-bond donors (Lipinski definition) is 4. The van der Waals surface area contributed by atoms with Crippen LogP contribution in [0.2, 0.25) is 0 Å². The Morgan fingerprint density at radius 2 is 1.88 bits per heavy atom. The van der Waals surface area contributed by atoms with Crippen molar-refractivity contribution in [1.29, 1.82) is 0 Å². The zero-order chi connectivity index (χ0) is 18.7. The van der Waals surface area contributed by atoms with E-state index >= 15 is 0 Å². The highest BCUT2D eigenvalue weighted by Gasteiger charge is 2.23. The maximum absolute atomic E-state index is 12.1. The monoisotopic (exact) mass is 369 g/mol. The zero-order valence-corrected chi connectivity index (χ0v) is 14.5. The van der Waals surface area contributed by atoms with Crippen LogP contribution in [-0.2, 0) is 9.59 Å². The van der Waals surface area contributed by atoms with Gasteiger partial charge in [-0.1, -0.05) is 6.07 Å². The molecular formula is C18H15N3O4S. The molecule has 4 N–H and O–H groups in total. The van der Waals surface area contributed by atoms with Crippen molar-refractivity contribution in [2.24, 2.45) is 4.99 Å². The Morgan fingerprint density at radius 3 is 2.54 bits per heavy atom. The van der Waals surface area contributed by atoms with Crippen molar-refractivity contribution in [2.45, 2.75) is 6.92 Å². The number of aromatic hydroxyl groups is 2. The van der Waals surface area contributed by atoms with Gasteiger partial charge in [0.25, 0.3) is 5.91 Å². The number of thioether (sulfide) groups is 1. The number of amidine groups is 1. The summed E-state index contributed by atoms with van der Waals surface area (Å²) >= 11 is 1.17. The quantitative estimate of drug-likeness (QED) is 0.491. The summed E-state index contributed by atoms with van der Waals surface area (Å²) in [6.45, 7) is 1.43. The van der Waals surface area contributed by atoms with E-state index < -0.39 is 0 Å². The van der Waals surface area contributed by atoms with Gasteiger partial charge >= 0.3 is 0 Å². The minimum atomic E-state index is -0.295. The molecule has 7 nitrogen and oxygen atoms in total. The van der Waals surface area contributed by atoms with Crippen molar-refractivity contribution >= 4 is 46.2 Å². The van der Waals surface area contributed by atoms with Crippen LogP contribution in [0.1, 0.15) is 12.5 Å². The molecule has 8 heteroatoms. The van der Waals surface area contributed by atoms with Crippen LogP contribution in [0.25, 0.3) is 6.08 Å². The molecule has 2 aromatic rings. The van der Waals surface area contributed by atoms with Crippen molar-refractivity contribution in [2.75, 3.05) is 5.32 Å². The summed E-state index contributed by atoms with van der Waals surface area (Å²) in [4.78, 5) is 27.9. The molecule has 1 saturated heterocycles. The smallest absolute Gasteiger partial charge is 0.264 e. The maximum Gasteiger partial charge on any atom is 0.264 e. The summed E-state index contributed by atoms with van der Waals surface area (Å²) < 4.78 is 0. The Hall–Kier alpha value is -3.26. The number of carbonyl (C=O) groups is 2.